The van der Waals surface area contributed by atoms with E-state index in [1.165, 1.54) is 0 Å². The lowest BCUT2D eigenvalue weighted by atomic mass is 10.3. The first-order chi connectivity index (χ1) is 8.36. The number of anilines is 2. The lowest BCUT2D eigenvalue weighted by molar-refractivity contribution is 0.419. The molecular weight excluding hydrogens is 254 g/mol. The Labute approximate surface area is 106 Å². The molecule has 0 saturated heterocycles. The fraction of sp³-hybridized carbons (Fsp3) is 0.0909. The Bertz CT molecular complexity index is 633. The number of nitrogens with zero attached hydrogens (tertiary/aromatic N) is 2. The summed E-state index contributed by atoms with van der Waals surface area (Å²) in [6, 6.07) is 5.91. The van der Waals surface area contributed by atoms with Crippen LogP contribution in [0.5, 0.6) is 5.75 Å². The fourth-order valence-electron chi connectivity index (χ4n) is 1.52. The zero-order chi connectivity index (χ0) is 11.7. The molecule has 3 aromatic rings. The number of nitrogens with one attached hydrogen (secondary N) is 1. The second-order valence-corrected chi connectivity index (χ2v) is 5.21. The standard InChI is InChI=1S/C11H9N3OS2/c1-15-7-3-2-4-8-9(7)13-11(17-8)14-10-12-5-6-16-10/h2-6H,1H3,(H,12,13,14). The lowest BCUT2D eigenvalue weighted by Crippen LogP contribution is -1.88. The summed E-state index contributed by atoms with van der Waals surface area (Å²) >= 11 is 3.14. The molecular formula is C11H9N3OS2. The van der Waals surface area contributed by atoms with Gasteiger partial charge in [0.1, 0.15) is 11.3 Å². The molecule has 0 aliphatic carbocycles. The van der Waals surface area contributed by atoms with Crippen molar-refractivity contribution in [3.05, 3.63) is 29.8 Å². The number of para-hydroxylation sites is 1. The number of thiazole rings is 2. The van der Waals surface area contributed by atoms with Crippen molar-refractivity contribution in [2.24, 2.45) is 0 Å². The molecule has 1 N–H and O–H groups in total. The van der Waals surface area contributed by atoms with Gasteiger partial charge >= 0.3 is 0 Å². The number of ether oxygens (including phenoxy) is 1. The van der Waals surface area contributed by atoms with Crippen LogP contribution in [-0.2, 0) is 0 Å². The third kappa shape index (κ3) is 1.96. The third-order valence-electron chi connectivity index (χ3n) is 2.25. The molecule has 2 heterocycles. The summed E-state index contributed by atoms with van der Waals surface area (Å²) in [6.07, 6.45) is 1.76. The fourth-order valence-corrected chi connectivity index (χ4v) is 2.99. The highest BCUT2D eigenvalue weighted by Crippen LogP contribution is 2.33. The van der Waals surface area contributed by atoms with Crippen molar-refractivity contribution in [2.75, 3.05) is 12.4 Å². The van der Waals surface area contributed by atoms with Crippen LogP contribution in [0, 0.1) is 0 Å². The zero-order valence-electron chi connectivity index (χ0n) is 9.01. The Balaban J connectivity index is 2.02. The van der Waals surface area contributed by atoms with Gasteiger partial charge in [-0.2, -0.15) is 0 Å². The van der Waals surface area contributed by atoms with Crippen molar-refractivity contribution in [1.82, 2.24) is 9.97 Å². The minimum Gasteiger partial charge on any atom is -0.494 e. The predicted molar refractivity (Wildman–Crippen MR) is 71.6 cm³/mol. The molecule has 0 bridgehead atoms. The molecule has 6 heteroatoms. The number of aromatic nitrogens is 2. The van der Waals surface area contributed by atoms with Gasteiger partial charge in [-0.15, -0.1) is 11.3 Å². The summed E-state index contributed by atoms with van der Waals surface area (Å²) in [5.41, 5.74) is 0.888. The number of hydrogen-bond acceptors (Lipinski definition) is 6. The van der Waals surface area contributed by atoms with E-state index in [4.69, 9.17) is 4.74 Å². The molecule has 0 fully saturated rings. The largest absolute Gasteiger partial charge is 0.494 e. The Kier molecular flexibility index (Phi) is 2.66. The first-order valence-electron chi connectivity index (χ1n) is 4.97. The molecule has 4 nitrogen and oxygen atoms in total. The average molecular weight is 263 g/mol. The Hall–Kier alpha value is -1.66. The number of rotatable bonds is 3. The van der Waals surface area contributed by atoms with Crippen LogP contribution in [0.2, 0.25) is 0 Å². The minimum atomic E-state index is 0.797. The molecule has 0 radical (unpaired) electrons. The predicted octanol–water partition coefficient (Wildman–Crippen LogP) is 3.51. The van der Waals surface area contributed by atoms with Crippen molar-refractivity contribution in [3.63, 3.8) is 0 Å². The van der Waals surface area contributed by atoms with Gasteiger partial charge in [-0.25, -0.2) is 9.97 Å². The average Bonchev–Trinajstić information content (AvgIpc) is 2.97. The second-order valence-electron chi connectivity index (χ2n) is 3.29. The van der Waals surface area contributed by atoms with Crippen LogP contribution in [0.4, 0.5) is 10.3 Å². The molecule has 0 unspecified atom stereocenters. The molecule has 0 aliphatic rings. The molecule has 0 saturated carbocycles. The normalized spacial score (nSPS) is 10.6. The molecule has 86 valence electrons. The summed E-state index contributed by atoms with van der Waals surface area (Å²) in [5.74, 6) is 0.797. The van der Waals surface area contributed by atoms with E-state index in [0.717, 1.165) is 26.2 Å². The summed E-state index contributed by atoms with van der Waals surface area (Å²) in [5, 5.41) is 6.79. The maximum Gasteiger partial charge on any atom is 0.190 e. The van der Waals surface area contributed by atoms with Gasteiger partial charge in [0.2, 0.25) is 0 Å². The Morgan fingerprint density at radius 1 is 1.29 bits per heavy atom. The zero-order valence-corrected chi connectivity index (χ0v) is 10.6. The van der Waals surface area contributed by atoms with Crippen LogP contribution in [0.25, 0.3) is 10.2 Å². The van der Waals surface area contributed by atoms with Crippen molar-refractivity contribution in [3.8, 4) is 5.75 Å². The van der Waals surface area contributed by atoms with Crippen LogP contribution in [0.1, 0.15) is 0 Å². The molecule has 0 amide bonds. The third-order valence-corrected chi connectivity index (χ3v) is 3.87. The second kappa shape index (κ2) is 4.31. The van der Waals surface area contributed by atoms with E-state index in [1.54, 1.807) is 36.0 Å². The monoisotopic (exact) mass is 263 g/mol. The van der Waals surface area contributed by atoms with E-state index in [1.807, 2.05) is 23.6 Å². The first-order valence-corrected chi connectivity index (χ1v) is 6.66. The smallest absolute Gasteiger partial charge is 0.190 e. The van der Waals surface area contributed by atoms with Crippen molar-refractivity contribution in [1.29, 1.82) is 0 Å². The quantitative estimate of drug-likeness (QED) is 0.785. The number of fused-ring (bicyclic) bond motifs is 1. The maximum absolute atomic E-state index is 5.28. The van der Waals surface area contributed by atoms with E-state index in [2.05, 4.69) is 15.3 Å². The van der Waals surface area contributed by atoms with E-state index in [9.17, 15) is 0 Å². The first kappa shape index (κ1) is 10.5. The van der Waals surface area contributed by atoms with Crippen LogP contribution in [0.3, 0.4) is 0 Å². The van der Waals surface area contributed by atoms with Crippen molar-refractivity contribution in [2.45, 2.75) is 0 Å². The number of methoxy groups -OCH3 is 1. The minimum absolute atomic E-state index is 0.797. The van der Waals surface area contributed by atoms with Crippen LogP contribution >= 0.6 is 22.7 Å². The summed E-state index contributed by atoms with van der Waals surface area (Å²) < 4.78 is 6.38. The SMILES string of the molecule is COc1cccc2sc(Nc3nccs3)nc12. The molecule has 0 spiro atoms. The summed E-state index contributed by atoms with van der Waals surface area (Å²) in [6.45, 7) is 0. The van der Waals surface area contributed by atoms with Gasteiger partial charge in [-0.1, -0.05) is 17.4 Å². The van der Waals surface area contributed by atoms with E-state index in [-0.39, 0.29) is 0 Å². The van der Waals surface area contributed by atoms with Crippen LogP contribution in [-0.4, -0.2) is 17.1 Å². The highest BCUT2D eigenvalue weighted by Gasteiger charge is 2.08. The number of benzene rings is 1. The van der Waals surface area contributed by atoms with E-state index < -0.39 is 0 Å². The highest BCUT2D eigenvalue weighted by atomic mass is 32.1. The van der Waals surface area contributed by atoms with Gasteiger partial charge in [0.25, 0.3) is 0 Å². The van der Waals surface area contributed by atoms with Crippen molar-refractivity contribution >= 4 is 43.2 Å². The molecule has 1 aromatic carbocycles. The van der Waals surface area contributed by atoms with E-state index >= 15 is 0 Å². The van der Waals surface area contributed by atoms with Crippen LogP contribution in [0.15, 0.2) is 29.8 Å². The molecule has 17 heavy (non-hydrogen) atoms. The maximum atomic E-state index is 5.28. The van der Waals surface area contributed by atoms with Crippen LogP contribution < -0.4 is 10.1 Å². The number of hydrogen-bond donors (Lipinski definition) is 1. The van der Waals surface area contributed by atoms with Gasteiger partial charge in [0.15, 0.2) is 10.3 Å². The Morgan fingerprint density at radius 2 is 2.24 bits per heavy atom. The van der Waals surface area contributed by atoms with Crippen molar-refractivity contribution < 1.29 is 4.74 Å². The van der Waals surface area contributed by atoms with E-state index in [0.29, 0.717) is 0 Å². The topological polar surface area (TPSA) is 47.0 Å². The van der Waals surface area contributed by atoms with Gasteiger partial charge in [0.05, 0.1) is 11.8 Å². The Morgan fingerprint density at radius 3 is 3.00 bits per heavy atom. The lowest BCUT2D eigenvalue weighted by Gasteiger charge is -1.98. The van der Waals surface area contributed by atoms with Gasteiger partial charge in [-0.3, -0.25) is 0 Å². The summed E-state index contributed by atoms with van der Waals surface area (Å²) in [7, 11) is 1.65. The van der Waals surface area contributed by atoms with Gasteiger partial charge < -0.3 is 10.1 Å². The molecule has 2 aromatic heterocycles. The summed E-state index contributed by atoms with van der Waals surface area (Å²) in [4.78, 5) is 8.67. The molecule has 0 atom stereocenters. The van der Waals surface area contributed by atoms with Gasteiger partial charge in [-0.05, 0) is 12.1 Å². The molecule has 0 aliphatic heterocycles. The highest BCUT2D eigenvalue weighted by molar-refractivity contribution is 7.22. The molecule has 3 rings (SSSR count). The van der Waals surface area contributed by atoms with Gasteiger partial charge in [0, 0.05) is 11.6 Å².